The molecule has 0 N–H and O–H groups in total. The highest BCUT2D eigenvalue weighted by atomic mass is 17.5. The summed E-state index contributed by atoms with van der Waals surface area (Å²) in [6.45, 7) is -1.12. The van der Waals surface area contributed by atoms with Crippen molar-refractivity contribution in [2.75, 3.05) is 55.9 Å². The third kappa shape index (κ3) is 8.57. The lowest BCUT2D eigenvalue weighted by Gasteiger charge is -2.14. The van der Waals surface area contributed by atoms with Crippen molar-refractivity contribution >= 4 is 24.2 Å². The molecule has 2 aromatic rings. The predicted molar refractivity (Wildman–Crippen MR) is 130 cm³/mol. The van der Waals surface area contributed by atoms with Gasteiger partial charge in [0.25, 0.3) is 0 Å². The van der Waals surface area contributed by atoms with E-state index in [-0.39, 0.29) is 45.6 Å². The number of rotatable bonds is 15. The molecule has 2 aromatic carbocycles. The maximum atomic E-state index is 12.2. The van der Waals surface area contributed by atoms with Gasteiger partial charge in [-0.15, -0.1) is 0 Å². The first-order chi connectivity index (χ1) is 20.3. The Bertz CT molecular complexity index is 1150. The van der Waals surface area contributed by atoms with Crippen LogP contribution >= 0.6 is 0 Å². The van der Waals surface area contributed by atoms with Gasteiger partial charge in [-0.3, -0.25) is 9.78 Å². The van der Waals surface area contributed by atoms with Crippen molar-refractivity contribution in [1.82, 2.24) is 0 Å². The van der Waals surface area contributed by atoms with Crippen LogP contribution < -0.4 is 28.4 Å². The molecule has 0 unspecified atom stereocenters. The van der Waals surface area contributed by atoms with Crippen LogP contribution in [0.4, 0.5) is 9.59 Å². The fourth-order valence-electron chi connectivity index (χ4n) is 3.06. The van der Waals surface area contributed by atoms with Gasteiger partial charge >= 0.3 is 24.2 Å². The van der Waals surface area contributed by atoms with E-state index >= 15 is 0 Å². The molecule has 0 aliphatic rings. The van der Waals surface area contributed by atoms with Crippen LogP contribution in [0.15, 0.2) is 24.3 Å². The van der Waals surface area contributed by atoms with E-state index in [9.17, 15) is 19.2 Å². The number of hydrogen-bond acceptors (Lipinski definition) is 18. The number of carbonyl (C=O) groups excluding carboxylic acids is 4. The summed E-state index contributed by atoms with van der Waals surface area (Å²) in [5.74, 6) is -1.52. The van der Waals surface area contributed by atoms with E-state index in [1.807, 2.05) is 0 Å². The Kier molecular flexibility index (Phi) is 13.0. The molecular weight excluding hydrogens is 576 g/mol. The molecule has 230 valence electrons. The third-order valence-corrected chi connectivity index (χ3v) is 4.79. The minimum atomic E-state index is -1.46. The number of methoxy groups -OCH3 is 6. The summed E-state index contributed by atoms with van der Waals surface area (Å²) < 4.78 is 39.8. The lowest BCUT2D eigenvalue weighted by atomic mass is 10.1. The molecule has 0 heterocycles. The molecule has 0 fully saturated rings. The van der Waals surface area contributed by atoms with Crippen molar-refractivity contribution in [1.29, 1.82) is 0 Å². The van der Waals surface area contributed by atoms with Crippen molar-refractivity contribution < 1.29 is 86.7 Å². The smallest absolute Gasteiger partial charge is 0.493 e. The van der Waals surface area contributed by atoms with Gasteiger partial charge < -0.3 is 37.9 Å². The van der Waals surface area contributed by atoms with Crippen LogP contribution in [0.1, 0.15) is 20.7 Å². The first-order valence-electron chi connectivity index (χ1n) is 11.3. The summed E-state index contributed by atoms with van der Waals surface area (Å²) in [5.41, 5.74) is -0.287. The standard InChI is InChI=1S/C24H26O18/c1-29-15-9-7-13(17(31-3)19(15)33-5)21(25)37-41-39-23(27)35-11-12-36-24(28)40-42-38-22(26)14-8-10-16(30-2)20(34-6)18(14)32-4/h7-10H,11-12H2,1-6H3. The second-order valence-electron chi connectivity index (χ2n) is 7.01. The van der Waals surface area contributed by atoms with Crippen molar-refractivity contribution in [3.05, 3.63) is 35.4 Å². The second-order valence-corrected chi connectivity index (χ2v) is 7.01. The Hall–Kier alpha value is -5.36. The molecule has 0 aliphatic carbocycles. The van der Waals surface area contributed by atoms with Crippen LogP contribution in [0.5, 0.6) is 34.5 Å². The van der Waals surface area contributed by atoms with Crippen LogP contribution in [0.3, 0.4) is 0 Å². The van der Waals surface area contributed by atoms with Gasteiger partial charge in [0.15, 0.2) is 23.0 Å². The van der Waals surface area contributed by atoms with Crippen molar-refractivity contribution in [3.8, 4) is 34.5 Å². The number of hydrogen-bond donors (Lipinski definition) is 0. The largest absolute Gasteiger partial charge is 0.543 e. The molecule has 2 rings (SSSR count). The molecule has 0 radical (unpaired) electrons. The lowest BCUT2D eigenvalue weighted by molar-refractivity contribution is -0.453. The average Bonchev–Trinajstić information content (AvgIpc) is 3.00. The van der Waals surface area contributed by atoms with Crippen LogP contribution in [0.25, 0.3) is 0 Å². The molecule has 0 saturated heterocycles. The summed E-state index contributed by atoms with van der Waals surface area (Å²) in [7, 11) is 7.98. The molecule has 18 heteroatoms. The van der Waals surface area contributed by atoms with Gasteiger partial charge in [-0.05, 0) is 24.3 Å². The van der Waals surface area contributed by atoms with Crippen molar-refractivity contribution in [2.45, 2.75) is 0 Å². The molecule has 0 atom stereocenters. The maximum absolute atomic E-state index is 12.2. The zero-order valence-electron chi connectivity index (χ0n) is 23.1. The van der Waals surface area contributed by atoms with Gasteiger partial charge in [0.05, 0.1) is 52.7 Å². The van der Waals surface area contributed by atoms with E-state index in [2.05, 4.69) is 39.1 Å². The summed E-state index contributed by atoms with van der Waals surface area (Å²) >= 11 is 0. The van der Waals surface area contributed by atoms with E-state index in [0.717, 1.165) is 0 Å². The fourth-order valence-corrected chi connectivity index (χ4v) is 3.06. The van der Waals surface area contributed by atoms with E-state index < -0.39 is 37.5 Å². The summed E-state index contributed by atoms with van der Waals surface area (Å²) in [4.78, 5) is 64.5. The normalized spacial score (nSPS) is 9.95. The van der Waals surface area contributed by atoms with Crippen LogP contribution in [0, 0.1) is 0 Å². The lowest BCUT2D eigenvalue weighted by Crippen LogP contribution is -2.17. The highest BCUT2D eigenvalue weighted by Gasteiger charge is 2.25. The van der Waals surface area contributed by atoms with Gasteiger partial charge in [0.2, 0.25) is 11.5 Å². The number of benzene rings is 2. The molecule has 18 nitrogen and oxygen atoms in total. The number of ether oxygens (including phenoxy) is 8. The average molecular weight is 602 g/mol. The van der Waals surface area contributed by atoms with Crippen LogP contribution in [-0.4, -0.2) is 80.1 Å². The monoisotopic (exact) mass is 602 g/mol. The molecular formula is C24H26O18. The highest BCUT2D eigenvalue weighted by molar-refractivity contribution is 5.94. The minimum absolute atomic E-state index is 0.0310. The molecule has 42 heavy (non-hydrogen) atoms. The second kappa shape index (κ2) is 16.7. The highest BCUT2D eigenvalue weighted by Crippen LogP contribution is 2.41. The Morgan fingerprint density at radius 1 is 0.476 bits per heavy atom. The molecule has 0 amide bonds. The van der Waals surface area contributed by atoms with Gasteiger partial charge in [-0.25, -0.2) is 29.0 Å². The zero-order valence-corrected chi connectivity index (χ0v) is 23.1. The Morgan fingerprint density at radius 2 is 0.833 bits per heavy atom. The van der Waals surface area contributed by atoms with Gasteiger partial charge in [0.1, 0.15) is 24.3 Å². The fraction of sp³-hybridized carbons (Fsp3) is 0.333. The Labute approximate surface area is 237 Å². The molecule has 0 aliphatic heterocycles. The zero-order chi connectivity index (χ0) is 31.1. The molecule has 0 bridgehead atoms. The van der Waals surface area contributed by atoms with Gasteiger partial charge in [-0.2, -0.15) is 0 Å². The van der Waals surface area contributed by atoms with E-state index in [0.29, 0.717) is 0 Å². The quantitative estimate of drug-likeness (QED) is 0.125. The molecule has 0 aromatic heterocycles. The first-order valence-corrected chi connectivity index (χ1v) is 11.3. The van der Waals surface area contributed by atoms with Crippen LogP contribution in [0.2, 0.25) is 0 Å². The Balaban J connectivity index is 1.69. The van der Waals surface area contributed by atoms with E-state index in [4.69, 9.17) is 28.4 Å². The summed E-state index contributed by atoms with van der Waals surface area (Å²) in [6, 6.07) is 5.39. The number of carbonyl (C=O) groups is 4. The molecule has 0 saturated carbocycles. The van der Waals surface area contributed by atoms with Crippen molar-refractivity contribution in [2.24, 2.45) is 0 Å². The first kappa shape index (κ1) is 32.8. The summed E-state index contributed by atoms with van der Waals surface area (Å²) in [6.07, 6.45) is -2.93. The summed E-state index contributed by atoms with van der Waals surface area (Å²) in [5, 5.41) is 8.20. The minimum Gasteiger partial charge on any atom is -0.493 e. The topological polar surface area (TPSA) is 197 Å². The van der Waals surface area contributed by atoms with E-state index in [1.54, 1.807) is 0 Å². The van der Waals surface area contributed by atoms with E-state index in [1.165, 1.54) is 66.9 Å². The van der Waals surface area contributed by atoms with Crippen LogP contribution in [-0.2, 0) is 39.1 Å². The van der Waals surface area contributed by atoms with Crippen molar-refractivity contribution in [3.63, 3.8) is 0 Å². The molecule has 0 spiro atoms. The van der Waals surface area contributed by atoms with Gasteiger partial charge in [0, 0.05) is 0 Å². The SMILES string of the molecule is COc1ccc(C(=O)OOOC(=O)OCCOC(=O)OOOC(=O)c2ccc(OC)c(OC)c2OC)c(OC)c1OC. The predicted octanol–water partition coefficient (Wildman–Crippen LogP) is 2.75. The maximum Gasteiger partial charge on any atom is 0.543 e. The Morgan fingerprint density at radius 3 is 1.14 bits per heavy atom. The van der Waals surface area contributed by atoms with Gasteiger partial charge in [-0.1, -0.05) is 0 Å². The third-order valence-electron chi connectivity index (χ3n) is 4.79.